The molecule has 1 fully saturated rings. The molecule has 0 saturated heterocycles. The van der Waals surface area contributed by atoms with Gasteiger partial charge in [-0.1, -0.05) is 19.1 Å². The third-order valence-electron chi connectivity index (χ3n) is 3.69. The number of amides is 1. The summed E-state index contributed by atoms with van der Waals surface area (Å²) in [6.07, 6.45) is 3.18. The molecule has 18 heavy (non-hydrogen) atoms. The molecule has 0 aromatic heterocycles. The van der Waals surface area contributed by atoms with E-state index in [2.05, 4.69) is 0 Å². The number of thiocarbonyl (C=S) groups is 1. The van der Waals surface area contributed by atoms with E-state index in [0.717, 1.165) is 12.5 Å². The van der Waals surface area contributed by atoms with E-state index in [1.54, 1.807) is 18.9 Å². The first-order valence-corrected chi connectivity index (χ1v) is 6.95. The number of ether oxygens (including phenoxy) is 1. The highest BCUT2D eigenvalue weighted by Crippen LogP contribution is 2.28. The van der Waals surface area contributed by atoms with Crippen molar-refractivity contribution < 1.29 is 9.53 Å². The van der Waals surface area contributed by atoms with Crippen molar-refractivity contribution in [2.24, 2.45) is 17.1 Å². The van der Waals surface area contributed by atoms with Gasteiger partial charge in [-0.15, -0.1) is 0 Å². The van der Waals surface area contributed by atoms with Crippen LogP contribution in [0.5, 0.6) is 0 Å². The highest BCUT2D eigenvalue weighted by atomic mass is 32.1. The molecular weight excluding hydrogens is 248 g/mol. The van der Waals surface area contributed by atoms with Crippen molar-refractivity contribution in [2.45, 2.75) is 33.1 Å². The molecule has 0 aliphatic heterocycles. The van der Waals surface area contributed by atoms with Gasteiger partial charge in [-0.2, -0.15) is 0 Å². The van der Waals surface area contributed by atoms with Gasteiger partial charge in [0.15, 0.2) is 0 Å². The van der Waals surface area contributed by atoms with Gasteiger partial charge in [0.2, 0.25) is 5.91 Å². The molecule has 0 heterocycles. The number of nitrogens with two attached hydrogens (primary N) is 1. The first-order valence-electron chi connectivity index (χ1n) is 6.55. The van der Waals surface area contributed by atoms with Gasteiger partial charge in [0.1, 0.15) is 0 Å². The Labute approximate surface area is 115 Å². The van der Waals surface area contributed by atoms with Crippen LogP contribution in [-0.2, 0) is 9.53 Å². The summed E-state index contributed by atoms with van der Waals surface area (Å²) in [6.45, 7) is 5.72. The van der Waals surface area contributed by atoms with Crippen molar-refractivity contribution in [3.05, 3.63) is 0 Å². The maximum Gasteiger partial charge on any atom is 0.235 e. The maximum atomic E-state index is 12.3. The molecular formula is C13H24N2O2S. The van der Waals surface area contributed by atoms with Gasteiger partial charge in [0.05, 0.1) is 17.0 Å². The number of carbonyl (C=O) groups is 1. The largest absolute Gasteiger partial charge is 0.392 e. The normalized spacial score (nSPS) is 18.2. The summed E-state index contributed by atoms with van der Waals surface area (Å²) < 4.78 is 5.53. The Hall–Kier alpha value is -0.680. The summed E-state index contributed by atoms with van der Waals surface area (Å²) in [5, 5.41) is 0. The molecule has 4 nitrogen and oxygen atoms in total. The molecule has 1 amide bonds. The average molecular weight is 272 g/mol. The lowest BCUT2D eigenvalue weighted by molar-refractivity contribution is -0.137. The zero-order valence-corrected chi connectivity index (χ0v) is 12.4. The lowest BCUT2D eigenvalue weighted by Crippen LogP contribution is -2.48. The molecule has 1 aliphatic carbocycles. The van der Waals surface area contributed by atoms with E-state index < -0.39 is 5.41 Å². The SMILES string of the molecule is CCC(C)(C(=O)N(C)CCOCC1CC1)C(N)=S. The van der Waals surface area contributed by atoms with Crippen LogP contribution in [0.15, 0.2) is 0 Å². The summed E-state index contributed by atoms with van der Waals surface area (Å²) in [6, 6.07) is 0. The minimum atomic E-state index is -0.736. The van der Waals surface area contributed by atoms with Crippen molar-refractivity contribution in [1.29, 1.82) is 0 Å². The van der Waals surface area contributed by atoms with Crippen LogP contribution in [0.25, 0.3) is 0 Å². The van der Waals surface area contributed by atoms with Gasteiger partial charge in [-0.05, 0) is 32.1 Å². The van der Waals surface area contributed by atoms with Gasteiger partial charge in [-0.3, -0.25) is 4.79 Å². The van der Waals surface area contributed by atoms with Crippen molar-refractivity contribution in [3.8, 4) is 0 Å². The first kappa shape index (κ1) is 15.4. The second-order valence-corrected chi connectivity index (χ2v) is 5.73. The van der Waals surface area contributed by atoms with Gasteiger partial charge in [0, 0.05) is 20.2 Å². The van der Waals surface area contributed by atoms with Crippen LogP contribution in [0.4, 0.5) is 0 Å². The number of likely N-dealkylation sites (N-methyl/N-ethyl adjacent to an activating group) is 1. The second kappa shape index (κ2) is 6.48. The Morgan fingerprint density at radius 2 is 2.17 bits per heavy atom. The quantitative estimate of drug-likeness (QED) is 0.538. The minimum absolute atomic E-state index is 0.0208. The molecule has 104 valence electrons. The fourth-order valence-electron chi connectivity index (χ4n) is 1.69. The highest BCUT2D eigenvalue weighted by molar-refractivity contribution is 7.80. The fourth-order valence-corrected chi connectivity index (χ4v) is 1.92. The Morgan fingerprint density at radius 1 is 1.56 bits per heavy atom. The molecule has 1 saturated carbocycles. The predicted molar refractivity (Wildman–Crippen MR) is 76.4 cm³/mol. The molecule has 0 bridgehead atoms. The molecule has 1 aliphatic rings. The standard InChI is InChI=1S/C13H24N2O2S/c1-4-13(2,11(14)18)12(16)15(3)7-8-17-9-10-5-6-10/h10H,4-9H2,1-3H3,(H2,14,18). The van der Waals surface area contributed by atoms with E-state index in [9.17, 15) is 4.79 Å². The van der Waals surface area contributed by atoms with Crippen LogP contribution in [0.3, 0.4) is 0 Å². The number of nitrogens with zero attached hydrogens (tertiary/aromatic N) is 1. The Kier molecular flexibility index (Phi) is 5.53. The summed E-state index contributed by atoms with van der Waals surface area (Å²) in [4.78, 5) is 14.2. The monoisotopic (exact) mass is 272 g/mol. The summed E-state index contributed by atoms with van der Waals surface area (Å²) >= 11 is 5.00. The van der Waals surface area contributed by atoms with Crippen molar-refractivity contribution in [1.82, 2.24) is 4.90 Å². The van der Waals surface area contributed by atoms with E-state index in [1.165, 1.54) is 12.8 Å². The Bertz CT molecular complexity index is 318. The van der Waals surface area contributed by atoms with E-state index in [-0.39, 0.29) is 10.9 Å². The molecule has 1 rings (SSSR count). The molecule has 2 N–H and O–H groups in total. The smallest absolute Gasteiger partial charge is 0.235 e. The predicted octanol–water partition coefficient (Wildman–Crippen LogP) is 1.57. The van der Waals surface area contributed by atoms with Crippen LogP contribution in [-0.4, -0.2) is 42.6 Å². The summed E-state index contributed by atoms with van der Waals surface area (Å²) in [5.41, 5.74) is 4.94. The number of hydrogen-bond acceptors (Lipinski definition) is 3. The van der Waals surface area contributed by atoms with Crippen LogP contribution in [0, 0.1) is 11.3 Å². The molecule has 0 radical (unpaired) electrons. The number of rotatable bonds is 8. The highest BCUT2D eigenvalue weighted by Gasteiger charge is 2.36. The number of hydrogen-bond donors (Lipinski definition) is 1. The summed E-state index contributed by atoms with van der Waals surface area (Å²) in [7, 11) is 1.77. The van der Waals surface area contributed by atoms with E-state index in [0.29, 0.717) is 19.6 Å². The molecule has 0 spiro atoms. The summed E-state index contributed by atoms with van der Waals surface area (Å²) in [5.74, 6) is 0.732. The zero-order chi connectivity index (χ0) is 13.8. The Morgan fingerprint density at radius 3 is 2.61 bits per heavy atom. The van der Waals surface area contributed by atoms with Crippen molar-refractivity contribution in [2.75, 3.05) is 26.8 Å². The van der Waals surface area contributed by atoms with E-state index >= 15 is 0 Å². The van der Waals surface area contributed by atoms with Gasteiger partial charge in [0.25, 0.3) is 0 Å². The molecule has 1 unspecified atom stereocenters. The second-order valence-electron chi connectivity index (χ2n) is 5.29. The van der Waals surface area contributed by atoms with Gasteiger partial charge < -0.3 is 15.4 Å². The first-order chi connectivity index (χ1) is 8.41. The zero-order valence-electron chi connectivity index (χ0n) is 11.6. The Balaban J connectivity index is 2.35. The van der Waals surface area contributed by atoms with Crippen LogP contribution in [0.2, 0.25) is 0 Å². The van der Waals surface area contributed by atoms with E-state index in [1.807, 2.05) is 6.92 Å². The van der Waals surface area contributed by atoms with Crippen LogP contribution < -0.4 is 5.73 Å². The minimum Gasteiger partial charge on any atom is -0.392 e. The average Bonchev–Trinajstić information content (AvgIpc) is 3.16. The lowest BCUT2D eigenvalue weighted by Gasteiger charge is -2.30. The molecule has 0 aromatic carbocycles. The van der Waals surface area contributed by atoms with Gasteiger partial charge >= 0.3 is 0 Å². The van der Waals surface area contributed by atoms with Gasteiger partial charge in [-0.25, -0.2) is 0 Å². The molecule has 0 aromatic rings. The topological polar surface area (TPSA) is 55.6 Å². The van der Waals surface area contributed by atoms with Crippen LogP contribution >= 0.6 is 12.2 Å². The van der Waals surface area contributed by atoms with Crippen LogP contribution in [0.1, 0.15) is 33.1 Å². The third-order valence-corrected chi connectivity index (χ3v) is 4.14. The van der Waals surface area contributed by atoms with Crippen molar-refractivity contribution in [3.63, 3.8) is 0 Å². The third kappa shape index (κ3) is 3.92. The molecule has 5 heteroatoms. The number of carbonyl (C=O) groups excluding carboxylic acids is 1. The fraction of sp³-hybridized carbons (Fsp3) is 0.846. The van der Waals surface area contributed by atoms with Crippen molar-refractivity contribution >= 4 is 23.1 Å². The molecule has 1 atom stereocenters. The lowest BCUT2D eigenvalue weighted by atomic mass is 9.86. The van der Waals surface area contributed by atoms with E-state index in [4.69, 9.17) is 22.7 Å². The maximum absolute atomic E-state index is 12.3.